The van der Waals surface area contributed by atoms with E-state index in [4.69, 9.17) is 0 Å². The van der Waals surface area contributed by atoms with Crippen LogP contribution >= 0.6 is 0 Å². The predicted molar refractivity (Wildman–Crippen MR) is 88.9 cm³/mol. The Morgan fingerprint density at radius 3 is 2.81 bits per heavy atom. The molecule has 2 aromatic carbocycles. The minimum atomic E-state index is 0.494. The van der Waals surface area contributed by atoms with Crippen molar-refractivity contribution in [2.75, 3.05) is 5.32 Å². The first-order valence-corrected chi connectivity index (χ1v) is 8.28. The molecule has 0 aromatic heterocycles. The van der Waals surface area contributed by atoms with Crippen LogP contribution in [0.4, 0.5) is 5.69 Å². The molecule has 0 spiro atoms. The molecule has 0 saturated carbocycles. The molecule has 0 radical (unpaired) electrons. The lowest BCUT2D eigenvalue weighted by molar-refractivity contribution is 0.682. The van der Waals surface area contributed by atoms with Gasteiger partial charge in [-0.05, 0) is 73.8 Å². The largest absolute Gasteiger partial charge is 0.378 e. The molecule has 4 rings (SSSR count). The number of aryl methyl sites for hydroxylation is 3. The third-order valence-corrected chi connectivity index (χ3v) is 5.10. The standard InChI is InChI=1S/C20H23N/c1-14-9-10-16-11-12-20(18(16)13-14)21-19-8-4-6-15-5-2-3-7-17(15)19/h4,6,8-10,13,20-21H,2-3,5,7,11-12H2,1H3. The third kappa shape index (κ3) is 2.35. The summed E-state index contributed by atoms with van der Waals surface area (Å²) in [5.74, 6) is 0. The number of nitrogens with one attached hydrogen (secondary N) is 1. The Morgan fingerprint density at radius 1 is 0.952 bits per heavy atom. The lowest BCUT2D eigenvalue weighted by atomic mass is 9.90. The van der Waals surface area contributed by atoms with Gasteiger partial charge in [0.1, 0.15) is 0 Å². The zero-order chi connectivity index (χ0) is 14.2. The maximum Gasteiger partial charge on any atom is 0.0519 e. The van der Waals surface area contributed by atoms with Gasteiger partial charge in [0.2, 0.25) is 0 Å². The van der Waals surface area contributed by atoms with Crippen LogP contribution in [0.5, 0.6) is 0 Å². The zero-order valence-corrected chi connectivity index (χ0v) is 12.8. The van der Waals surface area contributed by atoms with Gasteiger partial charge in [0.15, 0.2) is 0 Å². The van der Waals surface area contributed by atoms with E-state index in [9.17, 15) is 0 Å². The van der Waals surface area contributed by atoms with Crippen molar-refractivity contribution in [2.24, 2.45) is 0 Å². The van der Waals surface area contributed by atoms with Crippen LogP contribution in [0.15, 0.2) is 36.4 Å². The molecule has 1 N–H and O–H groups in total. The summed E-state index contributed by atoms with van der Waals surface area (Å²) in [6.07, 6.45) is 7.62. The lowest BCUT2D eigenvalue weighted by Crippen LogP contribution is -2.12. The van der Waals surface area contributed by atoms with Gasteiger partial charge in [0, 0.05) is 5.69 Å². The molecule has 0 saturated heterocycles. The lowest BCUT2D eigenvalue weighted by Gasteiger charge is -2.23. The first-order chi connectivity index (χ1) is 10.3. The van der Waals surface area contributed by atoms with Crippen molar-refractivity contribution in [1.82, 2.24) is 0 Å². The van der Waals surface area contributed by atoms with Gasteiger partial charge in [-0.3, -0.25) is 0 Å². The Morgan fingerprint density at radius 2 is 1.86 bits per heavy atom. The van der Waals surface area contributed by atoms with E-state index in [1.807, 2.05) is 0 Å². The van der Waals surface area contributed by atoms with E-state index in [0.717, 1.165) is 0 Å². The van der Waals surface area contributed by atoms with Crippen molar-refractivity contribution in [2.45, 2.75) is 51.5 Å². The number of benzene rings is 2. The first kappa shape index (κ1) is 12.9. The van der Waals surface area contributed by atoms with E-state index in [1.54, 1.807) is 11.1 Å². The van der Waals surface area contributed by atoms with Crippen LogP contribution < -0.4 is 5.32 Å². The summed E-state index contributed by atoms with van der Waals surface area (Å²) in [6.45, 7) is 2.19. The van der Waals surface area contributed by atoms with Gasteiger partial charge >= 0.3 is 0 Å². The molecule has 0 heterocycles. The molecule has 0 bridgehead atoms. The zero-order valence-electron chi connectivity index (χ0n) is 12.8. The first-order valence-electron chi connectivity index (χ1n) is 8.28. The minimum absolute atomic E-state index is 0.494. The van der Waals surface area contributed by atoms with Crippen LogP contribution in [0.3, 0.4) is 0 Å². The fourth-order valence-corrected chi connectivity index (χ4v) is 3.98. The van der Waals surface area contributed by atoms with Crippen molar-refractivity contribution in [3.05, 3.63) is 64.2 Å². The van der Waals surface area contributed by atoms with Crippen molar-refractivity contribution >= 4 is 5.69 Å². The van der Waals surface area contributed by atoms with Gasteiger partial charge in [-0.25, -0.2) is 0 Å². The second-order valence-corrected chi connectivity index (χ2v) is 6.59. The maximum absolute atomic E-state index is 3.85. The fraction of sp³-hybridized carbons (Fsp3) is 0.400. The summed E-state index contributed by atoms with van der Waals surface area (Å²) in [7, 11) is 0. The SMILES string of the molecule is Cc1ccc2c(c1)C(Nc1cccc3c1CCCC3)CC2. The average molecular weight is 277 g/mol. The summed E-state index contributed by atoms with van der Waals surface area (Å²) in [5.41, 5.74) is 8.94. The number of hydrogen-bond donors (Lipinski definition) is 1. The van der Waals surface area contributed by atoms with E-state index < -0.39 is 0 Å². The van der Waals surface area contributed by atoms with E-state index >= 15 is 0 Å². The van der Waals surface area contributed by atoms with Gasteiger partial charge in [-0.15, -0.1) is 0 Å². The van der Waals surface area contributed by atoms with Crippen LogP contribution in [-0.2, 0) is 19.3 Å². The second-order valence-electron chi connectivity index (χ2n) is 6.59. The van der Waals surface area contributed by atoms with Crippen LogP contribution in [0.1, 0.15) is 53.1 Å². The smallest absolute Gasteiger partial charge is 0.0519 e. The highest BCUT2D eigenvalue weighted by Gasteiger charge is 2.23. The minimum Gasteiger partial charge on any atom is -0.378 e. The summed E-state index contributed by atoms with van der Waals surface area (Å²) in [6, 6.07) is 14.2. The van der Waals surface area contributed by atoms with Gasteiger partial charge in [-0.1, -0.05) is 35.9 Å². The highest BCUT2D eigenvalue weighted by Crippen LogP contribution is 2.37. The predicted octanol–water partition coefficient (Wildman–Crippen LogP) is 4.97. The van der Waals surface area contributed by atoms with E-state index in [0.29, 0.717) is 6.04 Å². The monoisotopic (exact) mass is 277 g/mol. The molecule has 2 aromatic rings. The summed E-state index contributed by atoms with van der Waals surface area (Å²) < 4.78 is 0. The molecule has 1 nitrogen and oxygen atoms in total. The Hall–Kier alpha value is -1.76. The van der Waals surface area contributed by atoms with Gasteiger partial charge < -0.3 is 5.32 Å². The Balaban J connectivity index is 1.65. The molecule has 0 fully saturated rings. The Kier molecular flexibility index (Phi) is 3.21. The third-order valence-electron chi connectivity index (χ3n) is 5.10. The van der Waals surface area contributed by atoms with E-state index in [2.05, 4.69) is 48.6 Å². The van der Waals surface area contributed by atoms with Crippen molar-refractivity contribution in [1.29, 1.82) is 0 Å². The second kappa shape index (κ2) is 5.22. The van der Waals surface area contributed by atoms with E-state index in [-0.39, 0.29) is 0 Å². The van der Waals surface area contributed by atoms with E-state index in [1.165, 1.54) is 60.9 Å². The highest BCUT2D eigenvalue weighted by molar-refractivity contribution is 5.58. The normalized spacial score (nSPS) is 20.0. The molecule has 0 amide bonds. The van der Waals surface area contributed by atoms with Crippen LogP contribution in [0.25, 0.3) is 0 Å². The molecule has 2 aliphatic carbocycles. The Labute approximate surface area is 127 Å². The number of hydrogen-bond acceptors (Lipinski definition) is 1. The van der Waals surface area contributed by atoms with Gasteiger partial charge in [-0.2, -0.15) is 0 Å². The quantitative estimate of drug-likeness (QED) is 0.817. The number of anilines is 1. The molecule has 108 valence electrons. The number of rotatable bonds is 2. The molecule has 21 heavy (non-hydrogen) atoms. The number of fused-ring (bicyclic) bond motifs is 2. The van der Waals surface area contributed by atoms with Gasteiger partial charge in [0.25, 0.3) is 0 Å². The highest BCUT2D eigenvalue weighted by atomic mass is 14.9. The van der Waals surface area contributed by atoms with Crippen molar-refractivity contribution in [3.63, 3.8) is 0 Å². The topological polar surface area (TPSA) is 12.0 Å². The molecule has 1 heteroatoms. The van der Waals surface area contributed by atoms with Gasteiger partial charge in [0.05, 0.1) is 6.04 Å². The summed E-state index contributed by atoms with van der Waals surface area (Å²) in [5, 5.41) is 3.85. The maximum atomic E-state index is 3.85. The molecule has 0 aliphatic heterocycles. The molecule has 1 atom stereocenters. The van der Waals surface area contributed by atoms with Crippen LogP contribution in [0.2, 0.25) is 0 Å². The van der Waals surface area contributed by atoms with Crippen LogP contribution in [-0.4, -0.2) is 0 Å². The fourth-order valence-electron chi connectivity index (χ4n) is 3.98. The van der Waals surface area contributed by atoms with Crippen LogP contribution in [0, 0.1) is 6.92 Å². The molecular formula is C20H23N. The average Bonchev–Trinajstić information content (AvgIpc) is 2.90. The molecular weight excluding hydrogens is 254 g/mol. The molecule has 1 unspecified atom stereocenters. The summed E-state index contributed by atoms with van der Waals surface area (Å²) >= 11 is 0. The van der Waals surface area contributed by atoms with Crippen molar-refractivity contribution < 1.29 is 0 Å². The molecule has 2 aliphatic rings. The van der Waals surface area contributed by atoms with Crippen molar-refractivity contribution in [3.8, 4) is 0 Å². The summed E-state index contributed by atoms with van der Waals surface area (Å²) in [4.78, 5) is 0. The Bertz CT molecular complexity index is 672.